The molecular weight excluding hydrogens is 297 g/mol. The van der Waals surface area contributed by atoms with Crippen LogP contribution >= 0.6 is 0 Å². The van der Waals surface area contributed by atoms with Crippen LogP contribution in [0.4, 0.5) is 0 Å². The molecule has 74 valence electrons. The van der Waals surface area contributed by atoms with Gasteiger partial charge in [-0.1, -0.05) is 18.2 Å². The maximum absolute atomic E-state index is 2.16. The molecule has 15 heavy (non-hydrogen) atoms. The summed E-state index contributed by atoms with van der Waals surface area (Å²) in [7, 11) is 0. The summed E-state index contributed by atoms with van der Waals surface area (Å²) in [6, 6.07) is 16.8. The van der Waals surface area contributed by atoms with Crippen LogP contribution in [0, 0.1) is 0 Å². The predicted octanol–water partition coefficient (Wildman–Crippen LogP) is -0.417. The Morgan fingerprint density at radius 3 is 2.47 bits per heavy atom. The zero-order chi connectivity index (χ0) is 9.38. The van der Waals surface area contributed by atoms with E-state index in [4.69, 9.17) is 0 Å². The summed E-state index contributed by atoms with van der Waals surface area (Å²) in [6.45, 7) is 0. The molecule has 2 aromatic heterocycles. The molecule has 0 bridgehead atoms. The first-order valence-electron chi connectivity index (χ1n) is 4.73. The van der Waals surface area contributed by atoms with E-state index in [-0.39, 0.29) is 24.0 Å². The number of nitrogens with zero attached hydrogens (tertiary/aromatic N) is 1. The van der Waals surface area contributed by atoms with Crippen molar-refractivity contribution in [3.05, 3.63) is 60.9 Å². The van der Waals surface area contributed by atoms with Crippen molar-refractivity contribution < 1.29 is 28.4 Å². The van der Waals surface area contributed by atoms with Crippen LogP contribution in [0.2, 0.25) is 0 Å². The van der Waals surface area contributed by atoms with Crippen molar-refractivity contribution in [2.45, 2.75) is 0 Å². The average Bonchev–Trinajstić information content (AvgIpc) is 2.29. The first-order valence-corrected chi connectivity index (χ1v) is 4.73. The van der Waals surface area contributed by atoms with Crippen molar-refractivity contribution in [2.24, 2.45) is 0 Å². The molecule has 0 N–H and O–H groups in total. The van der Waals surface area contributed by atoms with Gasteiger partial charge >= 0.3 is 0 Å². The normalized spacial score (nSPS) is 10.1. The summed E-state index contributed by atoms with van der Waals surface area (Å²) < 4.78 is 2.14. The summed E-state index contributed by atoms with van der Waals surface area (Å²) in [6.07, 6.45) is 4.17. The zero-order valence-corrected chi connectivity index (χ0v) is 10.3. The van der Waals surface area contributed by atoms with Gasteiger partial charge in [0.05, 0.1) is 5.39 Å². The highest BCUT2D eigenvalue weighted by Crippen LogP contribution is 2.15. The first kappa shape index (κ1) is 10.4. The number of fused-ring (bicyclic) bond motifs is 3. The lowest BCUT2D eigenvalue weighted by molar-refractivity contribution is -0.510. The molecule has 2 heterocycles. The van der Waals surface area contributed by atoms with Crippen molar-refractivity contribution in [1.29, 1.82) is 0 Å². The van der Waals surface area contributed by atoms with Gasteiger partial charge in [0, 0.05) is 18.2 Å². The van der Waals surface area contributed by atoms with Gasteiger partial charge in [-0.05, 0) is 17.5 Å². The van der Waals surface area contributed by atoms with E-state index in [0.29, 0.717) is 0 Å². The topological polar surface area (TPSA) is 4.10 Å². The Bertz CT molecular complexity index is 550. The molecule has 0 fully saturated rings. The van der Waals surface area contributed by atoms with Crippen molar-refractivity contribution in [2.75, 3.05) is 0 Å². The molecule has 0 amide bonds. The second-order valence-corrected chi connectivity index (χ2v) is 3.40. The van der Waals surface area contributed by atoms with Gasteiger partial charge in [-0.2, -0.15) is 4.40 Å². The lowest BCUT2D eigenvalue weighted by atomic mass is 10.1. The second kappa shape index (κ2) is 4.14. The van der Waals surface area contributed by atoms with Gasteiger partial charge in [0.2, 0.25) is 5.52 Å². The van der Waals surface area contributed by atoms with E-state index in [1.54, 1.807) is 0 Å². The summed E-state index contributed by atoms with van der Waals surface area (Å²) >= 11 is 0. The summed E-state index contributed by atoms with van der Waals surface area (Å²) in [4.78, 5) is 0. The van der Waals surface area contributed by atoms with Gasteiger partial charge in [0.15, 0.2) is 12.4 Å². The number of hydrogen-bond acceptors (Lipinski definition) is 0. The molecule has 0 radical (unpaired) electrons. The Kier molecular flexibility index (Phi) is 2.86. The van der Waals surface area contributed by atoms with Crippen molar-refractivity contribution in [3.63, 3.8) is 0 Å². The molecule has 0 saturated carbocycles. The molecule has 2 heteroatoms. The molecule has 0 unspecified atom stereocenters. The Hall–Kier alpha value is -1.16. The molecule has 0 atom stereocenters. The monoisotopic (exact) mass is 307 g/mol. The van der Waals surface area contributed by atoms with Gasteiger partial charge in [-0.3, -0.25) is 0 Å². The number of halogens is 1. The van der Waals surface area contributed by atoms with Crippen LogP contribution in [-0.2, 0) is 0 Å². The highest BCUT2D eigenvalue weighted by Gasteiger charge is 2.04. The number of rotatable bonds is 0. The minimum absolute atomic E-state index is 0. The standard InChI is InChI=1S/C13H10N.HI/c1-2-6-12-11(5-1)8-10-14-9-4-3-7-13(12)14;/h1-10H;1H/q+1;/p-1. The quantitative estimate of drug-likeness (QED) is 0.302. The summed E-state index contributed by atoms with van der Waals surface area (Å²) in [5.74, 6) is 0. The number of benzene rings is 1. The largest absolute Gasteiger partial charge is 1.00 e. The maximum Gasteiger partial charge on any atom is 0.218 e. The fraction of sp³-hybridized carbons (Fsp3) is 0. The van der Waals surface area contributed by atoms with E-state index < -0.39 is 0 Å². The zero-order valence-electron chi connectivity index (χ0n) is 8.10. The van der Waals surface area contributed by atoms with Crippen LogP contribution in [0.15, 0.2) is 60.9 Å². The van der Waals surface area contributed by atoms with Crippen LogP contribution < -0.4 is 28.4 Å². The van der Waals surface area contributed by atoms with Crippen molar-refractivity contribution in [1.82, 2.24) is 0 Å². The maximum atomic E-state index is 2.16. The third-order valence-corrected chi connectivity index (χ3v) is 2.54. The molecule has 0 saturated heterocycles. The van der Waals surface area contributed by atoms with E-state index >= 15 is 0 Å². The van der Waals surface area contributed by atoms with E-state index in [1.165, 1.54) is 16.3 Å². The van der Waals surface area contributed by atoms with Gasteiger partial charge in [0.1, 0.15) is 0 Å². The molecule has 0 aliphatic carbocycles. The first-order chi connectivity index (χ1) is 6.95. The van der Waals surface area contributed by atoms with Crippen LogP contribution in [-0.4, -0.2) is 0 Å². The molecule has 0 spiro atoms. The van der Waals surface area contributed by atoms with E-state index in [0.717, 1.165) is 0 Å². The molecule has 1 nitrogen and oxygen atoms in total. The van der Waals surface area contributed by atoms with Crippen molar-refractivity contribution in [3.8, 4) is 0 Å². The lowest BCUT2D eigenvalue weighted by Gasteiger charge is -1.96. The lowest BCUT2D eigenvalue weighted by Crippen LogP contribution is -3.00. The van der Waals surface area contributed by atoms with Crippen LogP contribution in [0.3, 0.4) is 0 Å². The Morgan fingerprint density at radius 2 is 1.53 bits per heavy atom. The smallest absolute Gasteiger partial charge is 0.218 e. The summed E-state index contributed by atoms with van der Waals surface area (Å²) in [5.41, 5.74) is 1.26. The molecule has 0 aliphatic rings. The number of aromatic nitrogens is 1. The molecular formula is C13H10IN. The fourth-order valence-electron chi connectivity index (χ4n) is 1.85. The van der Waals surface area contributed by atoms with Gasteiger partial charge in [-0.25, -0.2) is 0 Å². The number of pyridine rings is 2. The Balaban J connectivity index is 0.000000853. The number of hydrogen-bond donors (Lipinski definition) is 0. The van der Waals surface area contributed by atoms with Crippen LogP contribution in [0.5, 0.6) is 0 Å². The fourth-order valence-corrected chi connectivity index (χ4v) is 1.85. The van der Waals surface area contributed by atoms with Gasteiger partial charge in [0.25, 0.3) is 0 Å². The van der Waals surface area contributed by atoms with E-state index in [9.17, 15) is 0 Å². The van der Waals surface area contributed by atoms with Crippen LogP contribution in [0.25, 0.3) is 16.3 Å². The minimum atomic E-state index is 0. The van der Waals surface area contributed by atoms with Crippen molar-refractivity contribution >= 4 is 16.3 Å². The van der Waals surface area contributed by atoms with Gasteiger partial charge in [-0.15, -0.1) is 0 Å². The summed E-state index contributed by atoms with van der Waals surface area (Å²) in [5, 5.41) is 2.59. The van der Waals surface area contributed by atoms with E-state index in [1.807, 2.05) is 6.07 Å². The second-order valence-electron chi connectivity index (χ2n) is 3.40. The third kappa shape index (κ3) is 1.69. The molecule has 1 aromatic carbocycles. The average molecular weight is 307 g/mol. The Labute approximate surface area is 105 Å². The highest BCUT2D eigenvalue weighted by atomic mass is 127. The minimum Gasteiger partial charge on any atom is -1.00 e. The molecule has 3 rings (SSSR count). The molecule has 3 aromatic rings. The van der Waals surface area contributed by atoms with E-state index in [2.05, 4.69) is 59.3 Å². The van der Waals surface area contributed by atoms with Gasteiger partial charge < -0.3 is 24.0 Å². The Morgan fingerprint density at radius 1 is 0.733 bits per heavy atom. The third-order valence-electron chi connectivity index (χ3n) is 2.54. The van der Waals surface area contributed by atoms with Crippen LogP contribution in [0.1, 0.15) is 0 Å². The predicted molar refractivity (Wildman–Crippen MR) is 57.1 cm³/mol. The SMILES string of the molecule is [I-].c1ccc2c(c1)cc[n+]1ccccc21. The highest BCUT2D eigenvalue weighted by molar-refractivity contribution is 5.93. The molecule has 0 aliphatic heterocycles.